The predicted octanol–water partition coefficient (Wildman–Crippen LogP) is 1.16. The molecule has 1 heterocycles. The lowest BCUT2D eigenvalue weighted by atomic mass is 10.1. The third-order valence-electron chi connectivity index (χ3n) is 1.52. The molecule has 0 N–H and O–H groups in total. The Morgan fingerprint density at radius 1 is 1.36 bits per heavy atom. The normalized spacial score (nSPS) is 12.5. The van der Waals surface area contributed by atoms with Crippen molar-refractivity contribution in [3.05, 3.63) is 12.7 Å². The van der Waals surface area contributed by atoms with E-state index in [1.165, 1.54) is 0 Å². The highest BCUT2D eigenvalue weighted by Crippen LogP contribution is 1.96. The first-order valence-electron chi connectivity index (χ1n) is 3.60. The van der Waals surface area contributed by atoms with Gasteiger partial charge in [-0.05, 0) is 12.8 Å². The quantitative estimate of drug-likeness (QED) is 0.597. The molecule has 0 radical (unpaired) electrons. The first kappa shape index (κ1) is 7.91. The van der Waals surface area contributed by atoms with Gasteiger partial charge in [0, 0.05) is 5.71 Å². The van der Waals surface area contributed by atoms with Crippen molar-refractivity contribution in [1.82, 2.24) is 14.9 Å². The van der Waals surface area contributed by atoms with Gasteiger partial charge in [0.05, 0.1) is 0 Å². The molecule has 11 heavy (non-hydrogen) atoms. The summed E-state index contributed by atoms with van der Waals surface area (Å²) in [7, 11) is 0. The fourth-order valence-corrected chi connectivity index (χ4v) is 0.545. The summed E-state index contributed by atoms with van der Waals surface area (Å²) in [6.45, 7) is 6.19. The molecular formula is C7H12N4. The highest BCUT2D eigenvalue weighted by molar-refractivity contribution is 5.83. The van der Waals surface area contributed by atoms with Gasteiger partial charge < -0.3 is 0 Å². The summed E-state index contributed by atoms with van der Waals surface area (Å²) >= 11 is 0. The Bertz CT molecular complexity index is 235. The van der Waals surface area contributed by atoms with E-state index in [9.17, 15) is 0 Å². The summed E-state index contributed by atoms with van der Waals surface area (Å²) < 4.78 is 1.61. The Morgan fingerprint density at radius 3 is 2.36 bits per heavy atom. The van der Waals surface area contributed by atoms with Gasteiger partial charge in [-0.3, -0.25) is 0 Å². The largest absolute Gasteiger partial charge is 0.208 e. The van der Waals surface area contributed by atoms with Crippen LogP contribution in [0.1, 0.15) is 20.8 Å². The van der Waals surface area contributed by atoms with Crippen molar-refractivity contribution in [2.75, 3.05) is 0 Å². The van der Waals surface area contributed by atoms with E-state index in [0.717, 1.165) is 5.71 Å². The third kappa shape index (κ3) is 2.14. The lowest BCUT2D eigenvalue weighted by Crippen LogP contribution is -2.03. The molecule has 0 saturated heterocycles. The third-order valence-corrected chi connectivity index (χ3v) is 1.52. The van der Waals surface area contributed by atoms with Gasteiger partial charge >= 0.3 is 0 Å². The molecule has 1 aromatic rings. The van der Waals surface area contributed by atoms with Crippen molar-refractivity contribution in [2.45, 2.75) is 20.8 Å². The fraction of sp³-hybridized carbons (Fsp3) is 0.571. The highest BCUT2D eigenvalue weighted by atomic mass is 15.4. The van der Waals surface area contributed by atoms with Crippen LogP contribution in [0.2, 0.25) is 0 Å². The average Bonchev–Trinajstić information content (AvgIpc) is 2.39. The molecule has 0 atom stereocenters. The zero-order valence-electron chi connectivity index (χ0n) is 7.02. The van der Waals surface area contributed by atoms with E-state index < -0.39 is 0 Å². The van der Waals surface area contributed by atoms with E-state index in [1.807, 2.05) is 6.92 Å². The minimum Gasteiger partial charge on any atom is -0.208 e. The van der Waals surface area contributed by atoms with E-state index in [1.54, 1.807) is 17.3 Å². The minimum atomic E-state index is 0.470. The summed E-state index contributed by atoms with van der Waals surface area (Å²) in [5, 5.41) is 11.5. The second-order valence-electron chi connectivity index (χ2n) is 2.74. The first-order chi connectivity index (χ1) is 5.20. The van der Waals surface area contributed by atoms with Gasteiger partial charge in [-0.15, -0.1) is 10.2 Å². The molecule has 4 nitrogen and oxygen atoms in total. The lowest BCUT2D eigenvalue weighted by Gasteiger charge is -2.01. The Kier molecular flexibility index (Phi) is 2.36. The Balaban J connectivity index is 2.74. The summed E-state index contributed by atoms with van der Waals surface area (Å²) in [4.78, 5) is 0. The second-order valence-corrected chi connectivity index (χ2v) is 2.74. The molecule has 1 aromatic heterocycles. The molecule has 0 spiro atoms. The molecule has 0 fully saturated rings. The van der Waals surface area contributed by atoms with Gasteiger partial charge in [-0.2, -0.15) is 5.10 Å². The van der Waals surface area contributed by atoms with Gasteiger partial charge in [0.15, 0.2) is 0 Å². The van der Waals surface area contributed by atoms with Crippen molar-refractivity contribution >= 4 is 5.71 Å². The Hall–Kier alpha value is -1.19. The number of hydrogen-bond donors (Lipinski definition) is 0. The summed E-state index contributed by atoms with van der Waals surface area (Å²) in [5.74, 6) is 0.470. The number of rotatable bonds is 2. The van der Waals surface area contributed by atoms with Crippen LogP contribution in [-0.4, -0.2) is 20.6 Å². The van der Waals surface area contributed by atoms with Gasteiger partial charge in [0.25, 0.3) is 0 Å². The van der Waals surface area contributed by atoms with Crippen LogP contribution in [0.5, 0.6) is 0 Å². The molecule has 0 unspecified atom stereocenters. The molecule has 0 aromatic carbocycles. The van der Waals surface area contributed by atoms with Gasteiger partial charge in [-0.1, -0.05) is 13.8 Å². The standard InChI is InChI=1S/C7H12N4/c1-6(2)7(3)10-11-4-8-9-5-11/h4-6H,1-3H3/b10-7+. The lowest BCUT2D eigenvalue weighted by molar-refractivity contribution is 0.809. The number of aromatic nitrogens is 3. The zero-order chi connectivity index (χ0) is 8.27. The molecule has 0 amide bonds. The zero-order valence-corrected chi connectivity index (χ0v) is 7.02. The van der Waals surface area contributed by atoms with Crippen LogP contribution in [-0.2, 0) is 0 Å². The van der Waals surface area contributed by atoms with E-state index in [0.29, 0.717) is 5.92 Å². The van der Waals surface area contributed by atoms with Crippen molar-refractivity contribution in [3.63, 3.8) is 0 Å². The number of hydrogen-bond acceptors (Lipinski definition) is 3. The van der Waals surface area contributed by atoms with Crippen LogP contribution in [0.4, 0.5) is 0 Å². The van der Waals surface area contributed by atoms with Crippen LogP contribution in [0, 0.1) is 5.92 Å². The summed E-state index contributed by atoms with van der Waals surface area (Å²) in [6.07, 6.45) is 3.15. The van der Waals surface area contributed by atoms with E-state index in [2.05, 4.69) is 29.1 Å². The van der Waals surface area contributed by atoms with Gasteiger partial charge in [0.1, 0.15) is 12.7 Å². The van der Waals surface area contributed by atoms with Gasteiger partial charge in [-0.25, -0.2) is 4.68 Å². The molecule has 0 aliphatic carbocycles. The highest BCUT2D eigenvalue weighted by Gasteiger charge is 1.97. The first-order valence-corrected chi connectivity index (χ1v) is 3.60. The summed E-state index contributed by atoms with van der Waals surface area (Å²) in [6, 6.07) is 0. The molecular weight excluding hydrogens is 140 g/mol. The fourth-order valence-electron chi connectivity index (χ4n) is 0.545. The molecule has 1 rings (SSSR count). The van der Waals surface area contributed by atoms with Crippen LogP contribution < -0.4 is 0 Å². The molecule has 60 valence electrons. The topological polar surface area (TPSA) is 43.1 Å². The van der Waals surface area contributed by atoms with Crippen molar-refractivity contribution in [2.24, 2.45) is 11.0 Å². The van der Waals surface area contributed by atoms with Crippen molar-refractivity contribution < 1.29 is 0 Å². The van der Waals surface area contributed by atoms with Crippen molar-refractivity contribution in [3.8, 4) is 0 Å². The van der Waals surface area contributed by atoms with Crippen LogP contribution in [0.3, 0.4) is 0 Å². The Labute approximate surface area is 65.9 Å². The minimum absolute atomic E-state index is 0.470. The van der Waals surface area contributed by atoms with Crippen molar-refractivity contribution in [1.29, 1.82) is 0 Å². The van der Waals surface area contributed by atoms with Crippen LogP contribution in [0.15, 0.2) is 17.8 Å². The van der Waals surface area contributed by atoms with E-state index in [4.69, 9.17) is 0 Å². The molecule has 0 aliphatic heterocycles. The predicted molar refractivity (Wildman–Crippen MR) is 43.4 cm³/mol. The molecule has 0 saturated carbocycles. The van der Waals surface area contributed by atoms with Crippen LogP contribution in [0.25, 0.3) is 0 Å². The molecule has 0 bridgehead atoms. The van der Waals surface area contributed by atoms with Gasteiger partial charge in [0.2, 0.25) is 0 Å². The number of nitrogens with zero attached hydrogens (tertiary/aromatic N) is 4. The monoisotopic (exact) mass is 152 g/mol. The molecule has 0 aliphatic rings. The van der Waals surface area contributed by atoms with Crippen LogP contribution >= 0.6 is 0 Å². The van der Waals surface area contributed by atoms with E-state index in [-0.39, 0.29) is 0 Å². The maximum atomic E-state index is 4.23. The molecule has 4 heteroatoms. The average molecular weight is 152 g/mol. The van der Waals surface area contributed by atoms with E-state index >= 15 is 0 Å². The maximum absolute atomic E-state index is 4.23. The SMILES string of the molecule is C/C(=N\n1cnnc1)C(C)C. The maximum Gasteiger partial charge on any atom is 0.141 e. The summed E-state index contributed by atoms with van der Waals surface area (Å²) in [5.41, 5.74) is 1.07. The Morgan fingerprint density at radius 2 is 1.91 bits per heavy atom. The second kappa shape index (κ2) is 3.27. The smallest absolute Gasteiger partial charge is 0.141 e.